The molecule has 0 fully saturated rings. The fourth-order valence-electron chi connectivity index (χ4n) is 2.63. The molecule has 6 heteroatoms. The Morgan fingerprint density at radius 2 is 2.05 bits per heavy atom. The van der Waals surface area contributed by atoms with Crippen LogP contribution in [0, 0.1) is 0 Å². The number of carbonyl (C=O) groups is 2. The molecule has 0 saturated carbocycles. The van der Waals surface area contributed by atoms with Crippen LogP contribution in [0.5, 0.6) is 0 Å². The monoisotopic (exact) mass is 292 g/mol. The van der Waals surface area contributed by atoms with Crippen LogP contribution in [0.3, 0.4) is 0 Å². The number of amides is 2. The summed E-state index contributed by atoms with van der Waals surface area (Å²) in [6.45, 7) is 1.31. The first-order valence-electron chi connectivity index (χ1n) is 7.07. The molecule has 0 bridgehead atoms. The largest absolute Gasteiger partial charge is 0.465 e. The molecule has 1 aliphatic heterocycles. The van der Waals surface area contributed by atoms with Crippen LogP contribution in [0.1, 0.15) is 36.0 Å². The smallest absolute Gasteiger partial charge is 0.407 e. The Hall–Kier alpha value is -2.24. The van der Waals surface area contributed by atoms with E-state index >= 15 is 0 Å². The van der Waals surface area contributed by atoms with Gasteiger partial charge in [0, 0.05) is 13.1 Å². The summed E-state index contributed by atoms with van der Waals surface area (Å²) >= 11 is 0. The topological polar surface area (TPSA) is 92.9 Å². The summed E-state index contributed by atoms with van der Waals surface area (Å²) in [6, 6.07) is 6.03. The summed E-state index contributed by atoms with van der Waals surface area (Å²) in [5.74, 6) is 0. The molecule has 2 amide bonds. The molecule has 3 N–H and O–H groups in total. The van der Waals surface area contributed by atoms with Crippen LogP contribution in [-0.4, -0.2) is 28.8 Å². The number of carboxylic acid groups (broad SMARTS) is 1. The van der Waals surface area contributed by atoms with Gasteiger partial charge >= 0.3 is 12.2 Å². The number of ether oxygens (including phenoxy) is 1. The molecule has 1 aromatic rings. The third-order valence-electron chi connectivity index (χ3n) is 3.69. The predicted octanol–water partition coefficient (Wildman–Crippen LogP) is 2.49. The quantitative estimate of drug-likeness (QED) is 0.788. The zero-order valence-electron chi connectivity index (χ0n) is 11.9. The molecule has 0 aromatic heterocycles. The van der Waals surface area contributed by atoms with Gasteiger partial charge in [-0.05, 0) is 42.4 Å². The molecule has 21 heavy (non-hydrogen) atoms. The molecule has 0 saturated heterocycles. The van der Waals surface area contributed by atoms with E-state index in [1.54, 1.807) is 0 Å². The fourth-order valence-corrected chi connectivity index (χ4v) is 2.63. The lowest BCUT2D eigenvalue weighted by Crippen LogP contribution is -2.22. The van der Waals surface area contributed by atoms with E-state index in [1.807, 2.05) is 12.1 Å². The molecule has 0 radical (unpaired) electrons. The Bertz CT molecular complexity index is 530. The number of aryl methyl sites for hydroxylation is 1. The number of hydrogen-bond donors (Lipinski definition) is 2. The van der Waals surface area contributed by atoms with Gasteiger partial charge in [-0.3, -0.25) is 4.90 Å². The number of nitrogens with zero attached hydrogens (tertiary/aromatic N) is 1. The number of carbonyl (C=O) groups excluding carboxylic acids is 1. The average Bonchev–Trinajstić information content (AvgIpc) is 2.87. The first kappa shape index (κ1) is 15.2. The van der Waals surface area contributed by atoms with Gasteiger partial charge in [-0.25, -0.2) is 9.59 Å². The van der Waals surface area contributed by atoms with Crippen molar-refractivity contribution in [3.05, 3.63) is 34.9 Å². The Balaban J connectivity index is 1.82. The minimum atomic E-state index is -0.874. The lowest BCUT2D eigenvalue weighted by atomic mass is 9.99. The molecule has 0 unspecified atom stereocenters. The molecular weight excluding hydrogens is 272 g/mol. The average molecular weight is 292 g/mol. The maximum atomic E-state index is 11.0. The first-order valence-corrected chi connectivity index (χ1v) is 7.07. The summed E-state index contributed by atoms with van der Waals surface area (Å²) in [6.07, 6.45) is 2.02. The van der Waals surface area contributed by atoms with Crippen molar-refractivity contribution < 1.29 is 19.4 Å². The lowest BCUT2D eigenvalue weighted by Gasteiger charge is -2.10. The maximum absolute atomic E-state index is 11.0. The molecule has 1 aromatic carbocycles. The summed E-state index contributed by atoms with van der Waals surface area (Å²) < 4.78 is 4.68. The van der Waals surface area contributed by atoms with Crippen LogP contribution >= 0.6 is 0 Å². The van der Waals surface area contributed by atoms with E-state index in [4.69, 9.17) is 10.8 Å². The van der Waals surface area contributed by atoms with E-state index in [2.05, 4.69) is 10.8 Å². The normalized spacial score (nSPS) is 13.0. The SMILES string of the molecule is NC(=O)OCCCCCc1cccc2c1CN(C(=O)O)C2. The Morgan fingerprint density at radius 3 is 2.76 bits per heavy atom. The summed E-state index contributed by atoms with van der Waals surface area (Å²) in [7, 11) is 0. The van der Waals surface area contributed by atoms with Crippen LogP contribution in [0.15, 0.2) is 18.2 Å². The highest BCUT2D eigenvalue weighted by atomic mass is 16.5. The van der Waals surface area contributed by atoms with Crippen molar-refractivity contribution in [2.75, 3.05) is 6.61 Å². The Kier molecular flexibility index (Phi) is 5.03. The first-order chi connectivity index (χ1) is 10.1. The van der Waals surface area contributed by atoms with Crippen molar-refractivity contribution in [1.29, 1.82) is 0 Å². The highest BCUT2D eigenvalue weighted by Crippen LogP contribution is 2.27. The van der Waals surface area contributed by atoms with Gasteiger partial charge in [-0.2, -0.15) is 0 Å². The van der Waals surface area contributed by atoms with Gasteiger partial charge in [0.2, 0.25) is 0 Å². The molecular formula is C15H20N2O4. The Morgan fingerprint density at radius 1 is 1.24 bits per heavy atom. The summed E-state index contributed by atoms with van der Waals surface area (Å²) in [4.78, 5) is 22.9. The van der Waals surface area contributed by atoms with Gasteiger partial charge in [0.15, 0.2) is 0 Å². The second-order valence-electron chi connectivity index (χ2n) is 5.17. The zero-order valence-corrected chi connectivity index (χ0v) is 11.9. The van der Waals surface area contributed by atoms with E-state index in [9.17, 15) is 9.59 Å². The van der Waals surface area contributed by atoms with E-state index in [0.29, 0.717) is 19.7 Å². The molecule has 0 atom stereocenters. The number of rotatable bonds is 6. The summed E-state index contributed by atoms with van der Waals surface area (Å²) in [5.41, 5.74) is 8.35. The van der Waals surface area contributed by atoms with Crippen molar-refractivity contribution in [3.63, 3.8) is 0 Å². The van der Waals surface area contributed by atoms with E-state index in [0.717, 1.165) is 36.8 Å². The van der Waals surface area contributed by atoms with Gasteiger partial charge in [-0.1, -0.05) is 18.2 Å². The van der Waals surface area contributed by atoms with Crippen molar-refractivity contribution in [2.45, 2.75) is 38.8 Å². The predicted molar refractivity (Wildman–Crippen MR) is 76.8 cm³/mol. The highest BCUT2D eigenvalue weighted by Gasteiger charge is 2.24. The molecule has 0 spiro atoms. The standard InChI is InChI=1S/C15H20N2O4/c16-14(18)21-8-3-1-2-5-11-6-4-7-12-9-17(15(19)20)10-13(11)12/h4,6-7H,1-3,5,8-10H2,(H2,16,18)(H,19,20). The van der Waals surface area contributed by atoms with Gasteiger partial charge < -0.3 is 15.6 Å². The van der Waals surface area contributed by atoms with Crippen LogP contribution in [0.2, 0.25) is 0 Å². The van der Waals surface area contributed by atoms with E-state index in [-0.39, 0.29) is 0 Å². The Labute approximate surface area is 123 Å². The molecule has 1 heterocycles. The number of unbranched alkanes of at least 4 members (excludes halogenated alkanes) is 2. The molecule has 0 aliphatic carbocycles. The number of primary amides is 1. The van der Waals surface area contributed by atoms with Gasteiger partial charge in [0.25, 0.3) is 0 Å². The molecule has 2 rings (SSSR count). The molecule has 1 aliphatic rings. The van der Waals surface area contributed by atoms with Crippen LogP contribution in [0.25, 0.3) is 0 Å². The molecule has 6 nitrogen and oxygen atoms in total. The fraction of sp³-hybridized carbons (Fsp3) is 0.467. The lowest BCUT2D eigenvalue weighted by molar-refractivity contribution is 0.145. The number of hydrogen-bond acceptors (Lipinski definition) is 3. The van der Waals surface area contributed by atoms with Gasteiger partial charge in [0.05, 0.1) is 6.61 Å². The second-order valence-corrected chi connectivity index (χ2v) is 5.17. The van der Waals surface area contributed by atoms with Crippen molar-refractivity contribution in [1.82, 2.24) is 4.90 Å². The minimum absolute atomic E-state index is 0.356. The minimum Gasteiger partial charge on any atom is -0.465 e. The number of fused-ring (bicyclic) bond motifs is 1. The van der Waals surface area contributed by atoms with Crippen molar-refractivity contribution in [3.8, 4) is 0 Å². The van der Waals surface area contributed by atoms with Crippen LogP contribution < -0.4 is 5.73 Å². The zero-order chi connectivity index (χ0) is 15.2. The van der Waals surface area contributed by atoms with Crippen LogP contribution in [-0.2, 0) is 24.2 Å². The van der Waals surface area contributed by atoms with Crippen molar-refractivity contribution in [2.24, 2.45) is 5.73 Å². The maximum Gasteiger partial charge on any atom is 0.407 e. The number of benzene rings is 1. The highest BCUT2D eigenvalue weighted by molar-refractivity contribution is 5.66. The molecule has 114 valence electrons. The third-order valence-corrected chi connectivity index (χ3v) is 3.69. The van der Waals surface area contributed by atoms with E-state index in [1.165, 1.54) is 10.5 Å². The van der Waals surface area contributed by atoms with E-state index < -0.39 is 12.2 Å². The van der Waals surface area contributed by atoms with Crippen LogP contribution in [0.4, 0.5) is 9.59 Å². The third kappa shape index (κ3) is 4.11. The number of nitrogens with two attached hydrogens (primary N) is 1. The van der Waals surface area contributed by atoms with Gasteiger partial charge in [0.1, 0.15) is 0 Å². The van der Waals surface area contributed by atoms with Gasteiger partial charge in [-0.15, -0.1) is 0 Å². The summed E-state index contributed by atoms with van der Waals surface area (Å²) in [5, 5.41) is 9.07. The second kappa shape index (κ2) is 6.97. The van der Waals surface area contributed by atoms with Crippen molar-refractivity contribution >= 4 is 12.2 Å².